The van der Waals surface area contributed by atoms with Crippen LogP contribution in [0.25, 0.3) is 0 Å². The van der Waals surface area contributed by atoms with Crippen LogP contribution in [0.3, 0.4) is 0 Å². The number of Topliss-reactive ketones (excluding diaryl/α,β-unsaturated/α-hetero) is 1. The van der Waals surface area contributed by atoms with Crippen molar-refractivity contribution < 1.29 is 9.59 Å². The highest BCUT2D eigenvalue weighted by Gasteiger charge is 2.19. The largest absolute Gasteiger partial charge is 0.356 e. The third-order valence-electron chi connectivity index (χ3n) is 2.49. The van der Waals surface area contributed by atoms with Gasteiger partial charge in [-0.05, 0) is 12.8 Å². The van der Waals surface area contributed by atoms with Crippen LogP contribution in [-0.2, 0) is 9.59 Å². The van der Waals surface area contributed by atoms with E-state index in [1.807, 2.05) is 27.7 Å². The lowest BCUT2D eigenvalue weighted by molar-refractivity contribution is -0.128. The molecule has 3 nitrogen and oxygen atoms in total. The normalized spacial score (nSPS) is 11.2. The molecule has 0 saturated carbocycles. The fourth-order valence-corrected chi connectivity index (χ4v) is 1.27. The lowest BCUT2D eigenvalue weighted by atomic mass is 9.96. The Hall–Kier alpha value is -0.860. The van der Waals surface area contributed by atoms with Crippen molar-refractivity contribution in [2.24, 2.45) is 5.41 Å². The molecule has 0 atom stereocenters. The molecule has 0 aromatic heterocycles. The van der Waals surface area contributed by atoms with E-state index in [0.29, 0.717) is 18.6 Å². The van der Waals surface area contributed by atoms with Crippen molar-refractivity contribution in [1.29, 1.82) is 0 Å². The van der Waals surface area contributed by atoms with Crippen LogP contribution in [0.4, 0.5) is 0 Å². The SMILES string of the molecule is CCC(=O)CCCCCNC(=O)C(C)(C)C. The Bertz CT molecular complexity index is 229. The number of carbonyl (C=O) groups excluding carboxylic acids is 2. The summed E-state index contributed by atoms with van der Waals surface area (Å²) in [6, 6.07) is 0. The summed E-state index contributed by atoms with van der Waals surface area (Å²) >= 11 is 0. The lowest BCUT2D eigenvalue weighted by Gasteiger charge is -2.17. The van der Waals surface area contributed by atoms with Crippen molar-refractivity contribution in [3.63, 3.8) is 0 Å². The Balaban J connectivity index is 3.41. The molecule has 0 rings (SSSR count). The summed E-state index contributed by atoms with van der Waals surface area (Å²) in [4.78, 5) is 22.5. The summed E-state index contributed by atoms with van der Waals surface area (Å²) in [7, 11) is 0. The molecule has 0 saturated heterocycles. The van der Waals surface area contributed by atoms with Gasteiger partial charge in [-0.2, -0.15) is 0 Å². The fourth-order valence-electron chi connectivity index (χ4n) is 1.27. The second kappa shape index (κ2) is 7.42. The van der Waals surface area contributed by atoms with E-state index in [4.69, 9.17) is 0 Å². The van der Waals surface area contributed by atoms with Gasteiger partial charge in [0.05, 0.1) is 0 Å². The second-order valence-electron chi connectivity index (χ2n) is 5.21. The van der Waals surface area contributed by atoms with E-state index in [1.54, 1.807) is 0 Å². The maximum absolute atomic E-state index is 11.5. The third kappa shape index (κ3) is 7.43. The molecule has 0 radical (unpaired) electrons. The first-order chi connectivity index (χ1) is 7.38. The second-order valence-corrected chi connectivity index (χ2v) is 5.21. The first-order valence-corrected chi connectivity index (χ1v) is 6.18. The predicted octanol–water partition coefficient (Wildman–Crippen LogP) is 2.69. The Kier molecular flexibility index (Phi) is 7.02. The Morgan fingerprint density at radius 2 is 1.69 bits per heavy atom. The quantitative estimate of drug-likeness (QED) is 0.680. The van der Waals surface area contributed by atoms with Gasteiger partial charge in [0.1, 0.15) is 5.78 Å². The molecule has 3 heteroatoms. The number of amides is 1. The van der Waals surface area contributed by atoms with Crippen LogP contribution in [0.1, 0.15) is 59.8 Å². The number of carbonyl (C=O) groups is 2. The highest BCUT2D eigenvalue weighted by Crippen LogP contribution is 2.12. The molecule has 0 heterocycles. The highest BCUT2D eigenvalue weighted by molar-refractivity contribution is 5.81. The van der Waals surface area contributed by atoms with E-state index in [0.717, 1.165) is 25.8 Å². The maximum atomic E-state index is 11.5. The van der Waals surface area contributed by atoms with Gasteiger partial charge >= 0.3 is 0 Å². The van der Waals surface area contributed by atoms with Crippen LogP contribution >= 0.6 is 0 Å². The van der Waals surface area contributed by atoms with E-state index in [2.05, 4.69) is 5.32 Å². The van der Waals surface area contributed by atoms with E-state index in [1.165, 1.54) is 0 Å². The van der Waals surface area contributed by atoms with Crippen LogP contribution in [0.15, 0.2) is 0 Å². The first kappa shape index (κ1) is 15.1. The van der Waals surface area contributed by atoms with Crippen molar-refractivity contribution in [3.05, 3.63) is 0 Å². The summed E-state index contributed by atoms with van der Waals surface area (Å²) in [5, 5.41) is 2.90. The predicted molar refractivity (Wildman–Crippen MR) is 66.2 cm³/mol. The molecule has 0 aliphatic rings. The zero-order chi connectivity index (χ0) is 12.6. The van der Waals surface area contributed by atoms with E-state index >= 15 is 0 Å². The Morgan fingerprint density at radius 1 is 1.06 bits per heavy atom. The monoisotopic (exact) mass is 227 g/mol. The average Bonchev–Trinajstić information content (AvgIpc) is 2.20. The molecule has 0 unspecified atom stereocenters. The molecular formula is C13H25NO2. The molecule has 16 heavy (non-hydrogen) atoms. The number of unbranched alkanes of at least 4 members (excludes halogenated alkanes) is 2. The van der Waals surface area contributed by atoms with E-state index in [9.17, 15) is 9.59 Å². The number of nitrogens with one attached hydrogen (secondary N) is 1. The van der Waals surface area contributed by atoms with Crippen molar-refractivity contribution in [3.8, 4) is 0 Å². The molecular weight excluding hydrogens is 202 g/mol. The van der Waals surface area contributed by atoms with Gasteiger partial charge in [-0.3, -0.25) is 9.59 Å². The van der Waals surface area contributed by atoms with Crippen LogP contribution < -0.4 is 5.32 Å². The molecule has 94 valence electrons. The van der Waals surface area contributed by atoms with Gasteiger partial charge in [0.2, 0.25) is 5.91 Å². The zero-order valence-electron chi connectivity index (χ0n) is 11.1. The minimum Gasteiger partial charge on any atom is -0.356 e. The van der Waals surface area contributed by atoms with Crippen molar-refractivity contribution >= 4 is 11.7 Å². The van der Waals surface area contributed by atoms with Gasteiger partial charge in [-0.1, -0.05) is 34.1 Å². The average molecular weight is 227 g/mol. The van der Waals surface area contributed by atoms with Crippen LogP contribution in [0, 0.1) is 5.41 Å². The van der Waals surface area contributed by atoms with Gasteiger partial charge in [-0.15, -0.1) is 0 Å². The molecule has 0 aromatic carbocycles. The highest BCUT2D eigenvalue weighted by atomic mass is 16.2. The van der Waals surface area contributed by atoms with Crippen LogP contribution in [0.5, 0.6) is 0 Å². The minimum atomic E-state index is -0.307. The fraction of sp³-hybridized carbons (Fsp3) is 0.846. The lowest BCUT2D eigenvalue weighted by Crippen LogP contribution is -2.35. The number of rotatable bonds is 7. The number of ketones is 1. The molecule has 0 bridgehead atoms. The van der Waals surface area contributed by atoms with Gasteiger partial charge < -0.3 is 5.32 Å². The summed E-state index contributed by atoms with van der Waals surface area (Å²) in [6.07, 6.45) is 4.23. The zero-order valence-corrected chi connectivity index (χ0v) is 11.1. The summed E-state index contributed by atoms with van der Waals surface area (Å²) in [6.45, 7) is 8.33. The van der Waals surface area contributed by atoms with Gasteiger partial charge in [-0.25, -0.2) is 0 Å². The number of hydrogen-bond donors (Lipinski definition) is 1. The standard InChI is InChI=1S/C13H25NO2/c1-5-11(15)9-7-6-8-10-14-12(16)13(2,3)4/h5-10H2,1-4H3,(H,14,16). The van der Waals surface area contributed by atoms with Gasteiger partial charge in [0, 0.05) is 24.8 Å². The summed E-state index contributed by atoms with van der Waals surface area (Å²) in [5.74, 6) is 0.427. The van der Waals surface area contributed by atoms with E-state index in [-0.39, 0.29) is 11.3 Å². The smallest absolute Gasteiger partial charge is 0.225 e. The molecule has 1 amide bonds. The van der Waals surface area contributed by atoms with Gasteiger partial charge in [0.25, 0.3) is 0 Å². The number of hydrogen-bond acceptors (Lipinski definition) is 2. The molecule has 0 aliphatic carbocycles. The van der Waals surface area contributed by atoms with Gasteiger partial charge in [0.15, 0.2) is 0 Å². The molecule has 0 aliphatic heterocycles. The topological polar surface area (TPSA) is 46.2 Å². The first-order valence-electron chi connectivity index (χ1n) is 6.18. The Labute approximate surface area is 99.0 Å². The Morgan fingerprint density at radius 3 is 2.19 bits per heavy atom. The molecule has 0 aromatic rings. The third-order valence-corrected chi connectivity index (χ3v) is 2.49. The summed E-state index contributed by atoms with van der Waals surface area (Å²) < 4.78 is 0. The van der Waals surface area contributed by atoms with Crippen molar-refractivity contribution in [2.45, 2.75) is 59.8 Å². The van der Waals surface area contributed by atoms with E-state index < -0.39 is 0 Å². The molecule has 1 N–H and O–H groups in total. The maximum Gasteiger partial charge on any atom is 0.225 e. The molecule has 0 fully saturated rings. The molecule has 0 spiro atoms. The van der Waals surface area contributed by atoms with Crippen molar-refractivity contribution in [1.82, 2.24) is 5.32 Å². The summed E-state index contributed by atoms with van der Waals surface area (Å²) in [5.41, 5.74) is -0.307. The minimum absolute atomic E-state index is 0.0946. The van der Waals surface area contributed by atoms with Crippen molar-refractivity contribution in [2.75, 3.05) is 6.54 Å². The van der Waals surface area contributed by atoms with Crippen LogP contribution in [-0.4, -0.2) is 18.2 Å². The van der Waals surface area contributed by atoms with Crippen LogP contribution in [0.2, 0.25) is 0 Å².